The fraction of sp³-hybridized carbons (Fsp3) is 0.714. The number of hydrogen-bond donors (Lipinski definition) is 1. The first-order valence-electron chi connectivity index (χ1n) is 6.57. The van der Waals surface area contributed by atoms with Gasteiger partial charge in [0, 0.05) is 21.9 Å². The van der Waals surface area contributed by atoms with Crippen molar-refractivity contribution in [1.82, 2.24) is 5.32 Å². The van der Waals surface area contributed by atoms with Crippen molar-refractivity contribution < 1.29 is 0 Å². The molecule has 1 nitrogen and oxygen atoms in total. The molecule has 1 fully saturated rings. The highest BCUT2D eigenvalue weighted by Gasteiger charge is 2.27. The van der Waals surface area contributed by atoms with Gasteiger partial charge in [0.15, 0.2) is 0 Å². The summed E-state index contributed by atoms with van der Waals surface area (Å²) in [6.45, 7) is 5.86. The van der Waals surface area contributed by atoms with Crippen LogP contribution in [0.4, 0.5) is 0 Å². The van der Waals surface area contributed by atoms with E-state index in [0.29, 0.717) is 11.5 Å². The lowest BCUT2D eigenvalue weighted by Gasteiger charge is -2.34. The van der Waals surface area contributed by atoms with E-state index in [0.717, 1.165) is 6.54 Å². The van der Waals surface area contributed by atoms with Crippen LogP contribution >= 0.6 is 27.3 Å². The molecule has 0 bridgehead atoms. The molecule has 0 aliphatic heterocycles. The van der Waals surface area contributed by atoms with Gasteiger partial charge in [-0.2, -0.15) is 0 Å². The van der Waals surface area contributed by atoms with Crippen LogP contribution in [-0.2, 0) is 0 Å². The molecule has 0 saturated heterocycles. The number of thiophene rings is 1. The summed E-state index contributed by atoms with van der Waals surface area (Å²) in [6, 6.07) is 2.60. The number of hydrogen-bond acceptors (Lipinski definition) is 2. The Morgan fingerprint density at radius 1 is 1.41 bits per heavy atom. The highest BCUT2D eigenvalue weighted by Crippen LogP contribution is 2.36. The van der Waals surface area contributed by atoms with Gasteiger partial charge in [-0.15, -0.1) is 11.3 Å². The van der Waals surface area contributed by atoms with Crippen molar-refractivity contribution in [2.24, 2.45) is 5.41 Å². The smallest absolute Gasteiger partial charge is 0.0397 e. The molecular weight excluding hydrogens is 294 g/mol. The van der Waals surface area contributed by atoms with E-state index >= 15 is 0 Å². The van der Waals surface area contributed by atoms with Gasteiger partial charge in [-0.1, -0.05) is 26.2 Å². The molecular formula is C14H22BrNS. The zero-order chi connectivity index (χ0) is 12.3. The molecule has 96 valence electrons. The first kappa shape index (κ1) is 13.6. The maximum absolute atomic E-state index is 3.72. The fourth-order valence-electron chi connectivity index (χ4n) is 2.69. The number of rotatable bonds is 4. The van der Waals surface area contributed by atoms with Gasteiger partial charge in [-0.3, -0.25) is 0 Å². The second kappa shape index (κ2) is 5.85. The minimum absolute atomic E-state index is 0.461. The third-order valence-electron chi connectivity index (χ3n) is 3.93. The van der Waals surface area contributed by atoms with Crippen LogP contribution in [0.5, 0.6) is 0 Å². The van der Waals surface area contributed by atoms with E-state index in [-0.39, 0.29) is 0 Å². The van der Waals surface area contributed by atoms with Crippen LogP contribution in [0.2, 0.25) is 0 Å². The average Bonchev–Trinajstić information content (AvgIpc) is 2.74. The Morgan fingerprint density at radius 2 is 2.12 bits per heavy atom. The first-order chi connectivity index (χ1) is 8.11. The van der Waals surface area contributed by atoms with Crippen LogP contribution in [0.1, 0.15) is 56.9 Å². The predicted molar refractivity (Wildman–Crippen MR) is 79.6 cm³/mol. The predicted octanol–water partition coefficient (Wildman–Crippen LogP) is 5.13. The zero-order valence-corrected chi connectivity index (χ0v) is 13.2. The van der Waals surface area contributed by atoms with Gasteiger partial charge in [0.2, 0.25) is 0 Å². The summed E-state index contributed by atoms with van der Waals surface area (Å²) in [7, 11) is 0. The van der Waals surface area contributed by atoms with Crippen molar-refractivity contribution in [1.29, 1.82) is 0 Å². The highest BCUT2D eigenvalue weighted by molar-refractivity contribution is 9.10. The van der Waals surface area contributed by atoms with E-state index in [9.17, 15) is 0 Å². The van der Waals surface area contributed by atoms with Crippen molar-refractivity contribution >= 4 is 27.3 Å². The Balaban J connectivity index is 1.87. The molecule has 1 saturated carbocycles. The summed E-state index contributed by atoms with van der Waals surface area (Å²) >= 11 is 5.45. The summed E-state index contributed by atoms with van der Waals surface area (Å²) in [5, 5.41) is 5.87. The molecule has 3 heteroatoms. The standard InChI is InChI=1S/C14H22BrNS/c1-11(13-12(15)6-9-17-13)16-10-14(2)7-4-3-5-8-14/h6,9,11,16H,3-5,7-8,10H2,1-2H3. The maximum Gasteiger partial charge on any atom is 0.0397 e. The third-order valence-corrected chi connectivity index (χ3v) is 5.99. The lowest BCUT2D eigenvalue weighted by molar-refractivity contribution is 0.202. The maximum atomic E-state index is 3.72. The van der Waals surface area contributed by atoms with Crippen LogP contribution in [-0.4, -0.2) is 6.54 Å². The van der Waals surface area contributed by atoms with E-state index in [1.165, 1.54) is 41.5 Å². The Kier molecular flexibility index (Phi) is 4.67. The molecule has 0 aromatic carbocycles. The quantitative estimate of drug-likeness (QED) is 0.812. The van der Waals surface area contributed by atoms with Crippen LogP contribution in [0, 0.1) is 5.41 Å². The largest absolute Gasteiger partial charge is 0.309 e. The molecule has 0 amide bonds. The first-order valence-corrected chi connectivity index (χ1v) is 8.24. The summed E-state index contributed by atoms with van der Waals surface area (Å²) in [5.74, 6) is 0. The van der Waals surface area contributed by atoms with Crippen molar-refractivity contribution in [3.05, 3.63) is 20.8 Å². The van der Waals surface area contributed by atoms with Gasteiger partial charge in [0.25, 0.3) is 0 Å². The summed E-state index contributed by atoms with van der Waals surface area (Å²) in [5.41, 5.74) is 0.524. The van der Waals surface area contributed by atoms with Crippen LogP contribution in [0.3, 0.4) is 0 Å². The van der Waals surface area contributed by atoms with Crippen LogP contribution in [0.15, 0.2) is 15.9 Å². The Morgan fingerprint density at radius 3 is 2.71 bits per heavy atom. The van der Waals surface area contributed by atoms with E-state index in [1.54, 1.807) is 0 Å². The minimum atomic E-state index is 0.461. The van der Waals surface area contributed by atoms with Crippen molar-refractivity contribution in [2.75, 3.05) is 6.54 Å². The van der Waals surface area contributed by atoms with Gasteiger partial charge < -0.3 is 5.32 Å². The van der Waals surface area contributed by atoms with Crippen LogP contribution < -0.4 is 5.32 Å². The number of halogens is 1. The van der Waals surface area contributed by atoms with Gasteiger partial charge >= 0.3 is 0 Å². The Bertz CT molecular complexity index is 355. The molecule has 1 aromatic heterocycles. The average molecular weight is 316 g/mol. The molecule has 1 aliphatic rings. The molecule has 1 aliphatic carbocycles. The monoisotopic (exact) mass is 315 g/mol. The van der Waals surface area contributed by atoms with Gasteiger partial charge in [0.1, 0.15) is 0 Å². The van der Waals surface area contributed by atoms with Gasteiger partial charge in [-0.25, -0.2) is 0 Å². The minimum Gasteiger partial charge on any atom is -0.309 e. The van der Waals surface area contributed by atoms with Gasteiger partial charge in [0.05, 0.1) is 0 Å². The second-order valence-corrected chi connectivity index (χ2v) is 7.41. The second-order valence-electron chi connectivity index (χ2n) is 5.61. The third kappa shape index (κ3) is 3.55. The molecule has 1 unspecified atom stereocenters. The Labute approximate surface area is 117 Å². The zero-order valence-electron chi connectivity index (χ0n) is 10.8. The highest BCUT2D eigenvalue weighted by atomic mass is 79.9. The van der Waals surface area contributed by atoms with E-state index in [4.69, 9.17) is 0 Å². The Hall–Kier alpha value is 0.140. The molecule has 0 radical (unpaired) electrons. The van der Waals surface area contributed by atoms with E-state index in [1.807, 2.05) is 11.3 Å². The molecule has 1 heterocycles. The lowest BCUT2D eigenvalue weighted by Crippen LogP contribution is -2.34. The molecule has 1 atom stereocenters. The molecule has 17 heavy (non-hydrogen) atoms. The SMILES string of the molecule is CC(NCC1(C)CCCCC1)c1sccc1Br. The summed E-state index contributed by atoms with van der Waals surface area (Å²) < 4.78 is 1.25. The summed E-state index contributed by atoms with van der Waals surface area (Å²) in [4.78, 5) is 1.42. The normalized spacial score (nSPS) is 21.4. The molecule has 2 rings (SSSR count). The molecule has 1 aromatic rings. The topological polar surface area (TPSA) is 12.0 Å². The fourth-order valence-corrected chi connectivity index (χ4v) is 4.44. The van der Waals surface area contributed by atoms with Gasteiger partial charge in [-0.05, 0) is 52.6 Å². The van der Waals surface area contributed by atoms with Crippen molar-refractivity contribution in [3.63, 3.8) is 0 Å². The van der Waals surface area contributed by atoms with Crippen molar-refractivity contribution in [3.8, 4) is 0 Å². The number of nitrogens with one attached hydrogen (secondary N) is 1. The van der Waals surface area contributed by atoms with Crippen LogP contribution in [0.25, 0.3) is 0 Å². The van der Waals surface area contributed by atoms with E-state index in [2.05, 4.69) is 46.5 Å². The van der Waals surface area contributed by atoms with E-state index < -0.39 is 0 Å². The summed E-state index contributed by atoms with van der Waals surface area (Å²) in [6.07, 6.45) is 7.03. The molecule has 1 N–H and O–H groups in total. The van der Waals surface area contributed by atoms with Crippen molar-refractivity contribution in [2.45, 2.75) is 52.0 Å². The molecule has 0 spiro atoms. The lowest BCUT2D eigenvalue weighted by atomic mass is 9.75.